The van der Waals surface area contributed by atoms with Crippen LogP contribution in [0.25, 0.3) is 0 Å². The molecular weight excluding hydrogens is 176 g/mol. The summed E-state index contributed by atoms with van der Waals surface area (Å²) in [6.45, 7) is 12.0. The summed E-state index contributed by atoms with van der Waals surface area (Å²) in [5.74, 6) is 0.126. The van der Waals surface area contributed by atoms with Gasteiger partial charge < -0.3 is 9.47 Å². The summed E-state index contributed by atoms with van der Waals surface area (Å²) in [6.07, 6.45) is 3.48. The summed E-state index contributed by atoms with van der Waals surface area (Å²) < 4.78 is 11.5. The van der Waals surface area contributed by atoms with E-state index in [-0.39, 0.29) is 5.79 Å². The van der Waals surface area contributed by atoms with Gasteiger partial charge in [0.05, 0.1) is 0 Å². The van der Waals surface area contributed by atoms with Crippen molar-refractivity contribution in [3.8, 4) is 0 Å². The van der Waals surface area contributed by atoms with Crippen molar-refractivity contribution < 1.29 is 9.47 Å². The molecule has 0 amide bonds. The average Bonchev–Trinajstić information content (AvgIpc) is 2.14. The monoisotopic (exact) mass is 202 g/mol. The van der Waals surface area contributed by atoms with Gasteiger partial charge in [0.25, 0.3) is 0 Å². The molecule has 0 rings (SSSR count). The number of hydrogen-bond acceptors (Lipinski definition) is 2. The van der Waals surface area contributed by atoms with Crippen LogP contribution in [-0.2, 0) is 9.47 Å². The molecule has 0 aliphatic rings. The van der Waals surface area contributed by atoms with Crippen LogP contribution >= 0.6 is 0 Å². The van der Waals surface area contributed by atoms with Gasteiger partial charge in [0.2, 0.25) is 0 Å². The van der Waals surface area contributed by atoms with E-state index in [9.17, 15) is 0 Å². The highest BCUT2D eigenvalue weighted by Gasteiger charge is 2.33. The number of hydrogen-bond donors (Lipinski definition) is 0. The molecular formula is C12H26O2. The third-order valence-corrected chi connectivity index (χ3v) is 2.73. The first-order valence-corrected chi connectivity index (χ1v) is 5.92. The maximum Gasteiger partial charge on any atom is 0.168 e. The molecule has 2 nitrogen and oxygen atoms in total. The van der Waals surface area contributed by atoms with Crippen molar-refractivity contribution in [2.24, 2.45) is 5.92 Å². The Kier molecular flexibility index (Phi) is 7.20. The van der Waals surface area contributed by atoms with Gasteiger partial charge in [0.15, 0.2) is 5.79 Å². The van der Waals surface area contributed by atoms with E-state index in [1.807, 2.05) is 13.8 Å². The highest BCUT2D eigenvalue weighted by atomic mass is 16.7. The molecule has 14 heavy (non-hydrogen) atoms. The highest BCUT2D eigenvalue weighted by Crippen LogP contribution is 2.30. The predicted octanol–water partition coefficient (Wildman–Crippen LogP) is 3.60. The van der Waals surface area contributed by atoms with E-state index in [4.69, 9.17) is 9.47 Å². The minimum absolute atomic E-state index is 0.381. The topological polar surface area (TPSA) is 18.5 Å². The maximum absolute atomic E-state index is 5.75. The Morgan fingerprint density at radius 3 is 1.79 bits per heavy atom. The van der Waals surface area contributed by atoms with Crippen molar-refractivity contribution in [1.82, 2.24) is 0 Å². The van der Waals surface area contributed by atoms with Crippen LogP contribution in [-0.4, -0.2) is 19.0 Å². The molecule has 86 valence electrons. The lowest BCUT2D eigenvalue weighted by atomic mass is 9.92. The predicted molar refractivity (Wildman–Crippen MR) is 60.3 cm³/mol. The van der Waals surface area contributed by atoms with E-state index in [1.54, 1.807) is 0 Å². The lowest BCUT2D eigenvalue weighted by molar-refractivity contribution is -0.253. The molecule has 0 aromatic heterocycles. The van der Waals surface area contributed by atoms with Gasteiger partial charge in [-0.1, -0.05) is 20.3 Å². The average molecular weight is 202 g/mol. The van der Waals surface area contributed by atoms with Gasteiger partial charge in [-0.05, 0) is 33.6 Å². The third kappa shape index (κ3) is 3.97. The largest absolute Gasteiger partial charge is 0.350 e. The second kappa shape index (κ2) is 7.24. The molecule has 0 saturated heterocycles. The van der Waals surface area contributed by atoms with Crippen LogP contribution in [0.15, 0.2) is 0 Å². The molecule has 0 spiro atoms. The molecule has 1 unspecified atom stereocenters. The molecule has 0 N–H and O–H groups in total. The van der Waals surface area contributed by atoms with E-state index >= 15 is 0 Å². The zero-order chi connectivity index (χ0) is 11.0. The summed E-state index contributed by atoms with van der Waals surface area (Å²) in [4.78, 5) is 0. The molecule has 0 heterocycles. The Morgan fingerprint density at radius 2 is 1.50 bits per heavy atom. The van der Waals surface area contributed by atoms with Crippen molar-refractivity contribution in [1.29, 1.82) is 0 Å². The Balaban J connectivity index is 4.39. The second-order valence-corrected chi connectivity index (χ2v) is 3.78. The van der Waals surface area contributed by atoms with Gasteiger partial charge in [-0.2, -0.15) is 0 Å². The van der Waals surface area contributed by atoms with Crippen LogP contribution in [0.2, 0.25) is 0 Å². The van der Waals surface area contributed by atoms with Gasteiger partial charge in [0, 0.05) is 19.1 Å². The van der Waals surface area contributed by atoms with Crippen LogP contribution in [0.4, 0.5) is 0 Å². The van der Waals surface area contributed by atoms with E-state index in [0.717, 1.165) is 19.6 Å². The normalized spacial score (nSPS) is 14.4. The lowest BCUT2D eigenvalue weighted by Crippen LogP contribution is -2.40. The molecule has 0 aliphatic heterocycles. The van der Waals surface area contributed by atoms with Crippen LogP contribution in [0.1, 0.15) is 53.9 Å². The van der Waals surface area contributed by atoms with E-state index < -0.39 is 0 Å². The first kappa shape index (κ1) is 13.9. The molecule has 0 aromatic carbocycles. The zero-order valence-corrected chi connectivity index (χ0v) is 10.4. The van der Waals surface area contributed by atoms with Gasteiger partial charge in [-0.25, -0.2) is 0 Å². The Bertz CT molecular complexity index is 128. The van der Waals surface area contributed by atoms with Gasteiger partial charge >= 0.3 is 0 Å². The quantitative estimate of drug-likeness (QED) is 0.560. The minimum atomic E-state index is -0.381. The molecule has 0 saturated carbocycles. The molecule has 0 aliphatic carbocycles. The summed E-state index contributed by atoms with van der Waals surface area (Å²) in [6, 6.07) is 0. The van der Waals surface area contributed by atoms with Crippen LogP contribution < -0.4 is 0 Å². The van der Waals surface area contributed by atoms with Gasteiger partial charge in [0.1, 0.15) is 0 Å². The highest BCUT2D eigenvalue weighted by molar-refractivity contribution is 4.74. The smallest absolute Gasteiger partial charge is 0.168 e. The fraction of sp³-hybridized carbons (Fsp3) is 1.00. The van der Waals surface area contributed by atoms with Crippen molar-refractivity contribution in [2.45, 2.75) is 59.7 Å². The van der Waals surface area contributed by atoms with E-state index in [0.29, 0.717) is 5.92 Å². The fourth-order valence-corrected chi connectivity index (χ4v) is 2.04. The molecule has 1 atom stereocenters. The van der Waals surface area contributed by atoms with E-state index in [2.05, 4.69) is 20.8 Å². The summed E-state index contributed by atoms with van der Waals surface area (Å²) in [5, 5.41) is 0. The standard InChI is InChI=1S/C12H26O2/c1-6-10-11(7-2)12(5,13-8-3)14-9-4/h11H,6-10H2,1-5H3. The molecule has 0 fully saturated rings. The van der Waals surface area contributed by atoms with Gasteiger partial charge in [-0.15, -0.1) is 0 Å². The van der Waals surface area contributed by atoms with Crippen molar-refractivity contribution in [2.75, 3.05) is 13.2 Å². The zero-order valence-electron chi connectivity index (χ0n) is 10.4. The molecule has 2 heteroatoms. The summed E-state index contributed by atoms with van der Waals surface area (Å²) in [5.41, 5.74) is 0. The summed E-state index contributed by atoms with van der Waals surface area (Å²) in [7, 11) is 0. The van der Waals surface area contributed by atoms with Crippen molar-refractivity contribution >= 4 is 0 Å². The Labute approximate surface area is 89.0 Å². The SMILES string of the molecule is CCCC(CC)C(C)(OCC)OCC. The first-order chi connectivity index (χ1) is 6.64. The van der Waals surface area contributed by atoms with Crippen LogP contribution in [0, 0.1) is 5.92 Å². The summed E-state index contributed by atoms with van der Waals surface area (Å²) >= 11 is 0. The van der Waals surface area contributed by atoms with Crippen molar-refractivity contribution in [3.63, 3.8) is 0 Å². The number of rotatable bonds is 8. The Morgan fingerprint density at radius 1 is 1.00 bits per heavy atom. The minimum Gasteiger partial charge on any atom is -0.350 e. The third-order valence-electron chi connectivity index (χ3n) is 2.73. The molecule has 0 radical (unpaired) electrons. The van der Waals surface area contributed by atoms with Crippen LogP contribution in [0.3, 0.4) is 0 Å². The van der Waals surface area contributed by atoms with Gasteiger partial charge in [-0.3, -0.25) is 0 Å². The maximum atomic E-state index is 5.75. The Hall–Kier alpha value is -0.0800. The second-order valence-electron chi connectivity index (χ2n) is 3.78. The van der Waals surface area contributed by atoms with Crippen molar-refractivity contribution in [3.05, 3.63) is 0 Å². The van der Waals surface area contributed by atoms with Crippen LogP contribution in [0.5, 0.6) is 0 Å². The first-order valence-electron chi connectivity index (χ1n) is 5.92. The molecule has 0 aromatic rings. The lowest BCUT2D eigenvalue weighted by Gasteiger charge is -2.36. The fourth-order valence-electron chi connectivity index (χ4n) is 2.04. The number of ether oxygens (including phenoxy) is 2. The van der Waals surface area contributed by atoms with E-state index in [1.165, 1.54) is 12.8 Å². The molecule has 0 bridgehead atoms.